The standard InChI is InChI=1S/C7H6N2.C2H4O2/c1-2-4-7-6(3-1)8-5-9-7;1-2(3)4/h1-5H,(H,8,9);1H3,(H,3,4). The van der Waals surface area contributed by atoms with Crippen LogP contribution in [0, 0.1) is 0 Å². The number of aromatic amines is 1. The molecule has 1 aromatic carbocycles. The molecule has 2 aromatic rings. The quantitative estimate of drug-likeness (QED) is 0.644. The number of nitrogens with zero attached hydrogens (tertiary/aromatic N) is 1. The number of nitrogens with one attached hydrogen (secondary N) is 1. The van der Waals surface area contributed by atoms with Crippen LogP contribution < -0.4 is 0 Å². The molecule has 0 amide bonds. The molecule has 0 radical (unpaired) electrons. The minimum absolute atomic E-state index is 0.833. The molecule has 0 fully saturated rings. The van der Waals surface area contributed by atoms with Crippen LogP contribution in [0.2, 0.25) is 0 Å². The van der Waals surface area contributed by atoms with E-state index in [0.717, 1.165) is 18.0 Å². The summed E-state index contributed by atoms with van der Waals surface area (Å²) >= 11 is 0. The summed E-state index contributed by atoms with van der Waals surface area (Å²) in [5.41, 5.74) is 2.12. The molecule has 2 rings (SSSR count). The second-order valence-corrected chi connectivity index (χ2v) is 2.44. The summed E-state index contributed by atoms with van der Waals surface area (Å²) < 4.78 is 0. The fraction of sp³-hybridized carbons (Fsp3) is 0.111. The van der Waals surface area contributed by atoms with Crippen molar-refractivity contribution in [3.63, 3.8) is 0 Å². The molecule has 0 unspecified atom stereocenters. The van der Waals surface area contributed by atoms with Crippen molar-refractivity contribution in [3.8, 4) is 0 Å². The molecular formula is C9H10N2O2. The molecule has 13 heavy (non-hydrogen) atoms. The van der Waals surface area contributed by atoms with Gasteiger partial charge in [0.15, 0.2) is 0 Å². The van der Waals surface area contributed by atoms with E-state index in [0.29, 0.717) is 0 Å². The van der Waals surface area contributed by atoms with Crippen molar-refractivity contribution in [1.29, 1.82) is 0 Å². The van der Waals surface area contributed by atoms with Crippen LogP contribution in [0.5, 0.6) is 0 Å². The van der Waals surface area contributed by atoms with E-state index in [1.165, 1.54) is 0 Å². The normalized spacial score (nSPS) is 9.00. The van der Waals surface area contributed by atoms with Crippen molar-refractivity contribution in [3.05, 3.63) is 30.6 Å². The van der Waals surface area contributed by atoms with Crippen LogP contribution in [0.1, 0.15) is 6.92 Å². The number of aromatic nitrogens is 2. The second kappa shape index (κ2) is 4.25. The summed E-state index contributed by atoms with van der Waals surface area (Å²) in [4.78, 5) is 16.1. The van der Waals surface area contributed by atoms with Gasteiger partial charge in [-0.1, -0.05) is 12.1 Å². The first-order valence-electron chi connectivity index (χ1n) is 3.78. The highest BCUT2D eigenvalue weighted by molar-refractivity contribution is 5.73. The van der Waals surface area contributed by atoms with Crippen molar-refractivity contribution in [2.45, 2.75) is 6.92 Å². The third kappa shape index (κ3) is 2.94. The topological polar surface area (TPSA) is 66.0 Å². The maximum Gasteiger partial charge on any atom is 0.300 e. The van der Waals surface area contributed by atoms with Gasteiger partial charge in [0, 0.05) is 6.92 Å². The van der Waals surface area contributed by atoms with E-state index in [1.807, 2.05) is 24.3 Å². The molecule has 4 nitrogen and oxygen atoms in total. The zero-order valence-electron chi connectivity index (χ0n) is 7.19. The smallest absolute Gasteiger partial charge is 0.300 e. The summed E-state index contributed by atoms with van der Waals surface area (Å²) in [6.45, 7) is 1.08. The highest BCUT2D eigenvalue weighted by Crippen LogP contribution is 2.05. The number of carbonyl (C=O) groups is 1. The van der Waals surface area contributed by atoms with Gasteiger partial charge in [0.2, 0.25) is 0 Å². The Bertz CT molecular complexity index is 361. The predicted molar refractivity (Wildman–Crippen MR) is 49.4 cm³/mol. The van der Waals surface area contributed by atoms with E-state index in [4.69, 9.17) is 9.90 Å². The van der Waals surface area contributed by atoms with E-state index < -0.39 is 5.97 Å². The van der Waals surface area contributed by atoms with Crippen LogP contribution in [0.4, 0.5) is 0 Å². The number of hydrogen-bond acceptors (Lipinski definition) is 2. The first-order valence-corrected chi connectivity index (χ1v) is 3.78. The molecule has 1 heterocycles. The van der Waals surface area contributed by atoms with Crippen molar-refractivity contribution in [2.24, 2.45) is 0 Å². The Labute approximate surface area is 75.2 Å². The number of benzene rings is 1. The lowest BCUT2D eigenvalue weighted by Gasteiger charge is -1.81. The van der Waals surface area contributed by atoms with E-state index in [1.54, 1.807) is 6.33 Å². The molecule has 1 aromatic heterocycles. The Morgan fingerprint density at radius 1 is 1.46 bits per heavy atom. The lowest BCUT2D eigenvalue weighted by Crippen LogP contribution is -1.78. The molecular weight excluding hydrogens is 168 g/mol. The second-order valence-electron chi connectivity index (χ2n) is 2.44. The van der Waals surface area contributed by atoms with Crippen LogP contribution in [0.15, 0.2) is 30.6 Å². The molecule has 0 aliphatic carbocycles. The molecule has 2 N–H and O–H groups in total. The number of para-hydroxylation sites is 2. The van der Waals surface area contributed by atoms with Crippen molar-refractivity contribution < 1.29 is 9.90 Å². The summed E-state index contributed by atoms with van der Waals surface area (Å²) in [5.74, 6) is -0.833. The fourth-order valence-corrected chi connectivity index (χ4v) is 0.880. The van der Waals surface area contributed by atoms with Gasteiger partial charge >= 0.3 is 0 Å². The first-order chi connectivity index (χ1) is 6.20. The highest BCUT2D eigenvalue weighted by atomic mass is 16.4. The third-order valence-corrected chi connectivity index (χ3v) is 1.33. The van der Waals surface area contributed by atoms with Gasteiger partial charge in [0.05, 0.1) is 17.4 Å². The minimum atomic E-state index is -0.833. The first kappa shape index (κ1) is 9.25. The van der Waals surface area contributed by atoms with Gasteiger partial charge in [-0.3, -0.25) is 4.79 Å². The molecule has 0 saturated heterocycles. The van der Waals surface area contributed by atoms with E-state index >= 15 is 0 Å². The largest absolute Gasteiger partial charge is 0.481 e. The zero-order valence-corrected chi connectivity index (χ0v) is 7.19. The van der Waals surface area contributed by atoms with Crippen LogP contribution in [0.25, 0.3) is 11.0 Å². The van der Waals surface area contributed by atoms with Crippen molar-refractivity contribution >= 4 is 17.0 Å². The van der Waals surface area contributed by atoms with Crippen molar-refractivity contribution in [1.82, 2.24) is 9.97 Å². The maximum atomic E-state index is 9.00. The predicted octanol–water partition coefficient (Wildman–Crippen LogP) is 1.65. The Hall–Kier alpha value is -1.84. The number of rotatable bonds is 0. The lowest BCUT2D eigenvalue weighted by molar-refractivity contribution is -0.134. The van der Waals surface area contributed by atoms with Crippen molar-refractivity contribution in [2.75, 3.05) is 0 Å². The average molecular weight is 178 g/mol. The van der Waals surface area contributed by atoms with Crippen LogP contribution in [-0.2, 0) is 4.79 Å². The molecule has 0 aliphatic heterocycles. The van der Waals surface area contributed by atoms with E-state index in [9.17, 15) is 0 Å². The van der Waals surface area contributed by atoms with Gasteiger partial charge in [-0.2, -0.15) is 0 Å². The Balaban J connectivity index is 0.000000184. The third-order valence-electron chi connectivity index (χ3n) is 1.33. The SMILES string of the molecule is CC(=O)O.c1ccc2[nH]cnc2c1. The van der Waals surface area contributed by atoms with Crippen LogP contribution in [0.3, 0.4) is 0 Å². The fourth-order valence-electron chi connectivity index (χ4n) is 0.880. The number of carboxylic acid groups (broad SMARTS) is 1. The Morgan fingerprint density at radius 3 is 2.69 bits per heavy atom. The molecule has 0 bridgehead atoms. The van der Waals surface area contributed by atoms with E-state index in [-0.39, 0.29) is 0 Å². The number of imidazole rings is 1. The molecule has 0 aliphatic rings. The number of fused-ring (bicyclic) bond motifs is 1. The Morgan fingerprint density at radius 2 is 2.08 bits per heavy atom. The maximum absolute atomic E-state index is 9.00. The molecule has 0 atom stereocenters. The molecule has 0 spiro atoms. The molecule has 0 saturated carbocycles. The number of hydrogen-bond donors (Lipinski definition) is 2. The molecule has 4 heteroatoms. The van der Waals surface area contributed by atoms with Gasteiger partial charge in [0.1, 0.15) is 0 Å². The number of H-pyrrole nitrogens is 1. The van der Waals surface area contributed by atoms with Gasteiger partial charge in [-0.15, -0.1) is 0 Å². The minimum Gasteiger partial charge on any atom is -0.481 e. The summed E-state index contributed by atoms with van der Waals surface area (Å²) in [5, 5.41) is 7.42. The van der Waals surface area contributed by atoms with Crippen LogP contribution in [-0.4, -0.2) is 21.0 Å². The summed E-state index contributed by atoms with van der Waals surface area (Å²) in [7, 11) is 0. The average Bonchev–Trinajstić information content (AvgIpc) is 2.49. The van der Waals surface area contributed by atoms with Crippen LogP contribution >= 0.6 is 0 Å². The highest BCUT2D eigenvalue weighted by Gasteiger charge is 1.88. The van der Waals surface area contributed by atoms with E-state index in [2.05, 4.69) is 9.97 Å². The van der Waals surface area contributed by atoms with Gasteiger partial charge in [-0.25, -0.2) is 4.98 Å². The summed E-state index contributed by atoms with van der Waals surface area (Å²) in [6.07, 6.45) is 1.70. The van der Waals surface area contributed by atoms with Gasteiger partial charge in [-0.05, 0) is 12.1 Å². The Kier molecular flexibility index (Phi) is 3.03. The lowest BCUT2D eigenvalue weighted by atomic mass is 10.3. The van der Waals surface area contributed by atoms with Gasteiger partial charge in [0.25, 0.3) is 5.97 Å². The molecule has 68 valence electrons. The monoisotopic (exact) mass is 178 g/mol. The number of aliphatic carboxylic acids is 1. The summed E-state index contributed by atoms with van der Waals surface area (Å²) in [6, 6.07) is 7.94. The zero-order chi connectivity index (χ0) is 9.68. The van der Waals surface area contributed by atoms with Gasteiger partial charge < -0.3 is 10.1 Å². The number of carboxylic acids is 1.